The minimum atomic E-state index is 0.479. The van der Waals surface area contributed by atoms with Crippen LogP contribution in [0.15, 0.2) is 220 Å². The Morgan fingerprint density at radius 2 is 0.703 bits per heavy atom. The molecule has 0 fully saturated rings. The number of aromatic nitrogens is 10. The zero-order valence-corrected chi connectivity index (χ0v) is 56.8. The van der Waals surface area contributed by atoms with E-state index >= 15 is 0 Å². The molecule has 0 radical (unpaired) electrons. The molecule has 2 aromatic carbocycles. The van der Waals surface area contributed by atoms with E-state index in [9.17, 15) is 0 Å². The maximum absolute atomic E-state index is 4.93. The molecule has 91 heavy (non-hydrogen) atoms. The molecule has 0 unspecified atom stereocenters. The number of hydrogen-bond acceptors (Lipinski definition) is 5. The van der Waals surface area contributed by atoms with Crippen molar-refractivity contribution in [1.82, 2.24) is 24.9 Å². The van der Waals surface area contributed by atoms with Crippen molar-refractivity contribution in [1.29, 1.82) is 0 Å². The van der Waals surface area contributed by atoms with Gasteiger partial charge in [0, 0.05) is 115 Å². The molecule has 10 aromatic heterocycles. The Balaban J connectivity index is 0.000000149. The summed E-state index contributed by atoms with van der Waals surface area (Å²) in [6, 6.07) is 52.6. The number of pyridine rings is 10. The third kappa shape index (κ3) is 16.6. The Bertz CT molecular complexity index is 4380. The van der Waals surface area contributed by atoms with Gasteiger partial charge in [-0.25, -0.2) is 22.8 Å². The largest absolute Gasteiger partial charge is 0.264 e. The van der Waals surface area contributed by atoms with Crippen LogP contribution in [0.5, 0.6) is 0 Å². The van der Waals surface area contributed by atoms with Gasteiger partial charge in [0.05, 0.1) is 44.9 Å². The first-order valence-corrected chi connectivity index (χ1v) is 31.3. The predicted octanol–water partition coefficient (Wildman–Crippen LogP) is 15.7. The van der Waals surface area contributed by atoms with Crippen LogP contribution in [-0.2, 0) is 35.2 Å². The van der Waals surface area contributed by atoms with Gasteiger partial charge in [0.15, 0.2) is 31.0 Å². The highest BCUT2D eigenvalue weighted by atomic mass is 14.9. The average molecular weight is 1200 g/mol. The van der Waals surface area contributed by atoms with Crippen LogP contribution in [0, 0.1) is 76.2 Å². The first kappa shape index (κ1) is 66.9. The fourth-order valence-electron chi connectivity index (χ4n) is 11.5. The first-order chi connectivity index (χ1) is 43.6. The zero-order valence-electron chi connectivity index (χ0n) is 56.8. The van der Waals surface area contributed by atoms with Crippen molar-refractivity contribution in [2.24, 2.45) is 35.2 Å². The molecule has 0 bridgehead atoms. The van der Waals surface area contributed by atoms with E-state index < -0.39 is 0 Å². The van der Waals surface area contributed by atoms with Gasteiger partial charge < -0.3 is 0 Å². The fraction of sp³-hybridized carbons (Fsp3) is 0.235. The first-order valence-electron chi connectivity index (χ1n) is 31.3. The molecule has 10 nitrogen and oxygen atoms in total. The molecule has 0 aliphatic carbocycles. The molecule has 0 amide bonds. The lowest BCUT2D eigenvalue weighted by molar-refractivity contribution is -0.660. The van der Waals surface area contributed by atoms with Crippen molar-refractivity contribution in [3.8, 4) is 78.8 Å². The highest BCUT2D eigenvalue weighted by Gasteiger charge is 2.20. The van der Waals surface area contributed by atoms with Gasteiger partial charge in [-0.05, 0) is 192 Å². The summed E-state index contributed by atoms with van der Waals surface area (Å²) in [5.74, 6) is 0.479. The third-order valence-electron chi connectivity index (χ3n) is 16.7. The minimum Gasteiger partial charge on any atom is -0.264 e. The molecule has 0 saturated heterocycles. The van der Waals surface area contributed by atoms with Crippen LogP contribution in [0.4, 0.5) is 0 Å². The summed E-state index contributed by atoms with van der Waals surface area (Å²) in [6.45, 7) is 27.8. The molecule has 10 heteroatoms. The van der Waals surface area contributed by atoms with Crippen LogP contribution in [0.2, 0.25) is 0 Å². The normalized spacial score (nSPS) is 10.6. The highest BCUT2D eigenvalue weighted by molar-refractivity contribution is 5.74. The molecule has 12 rings (SSSR count). The number of aryl methyl sites for hydroxylation is 16. The van der Waals surface area contributed by atoms with Crippen LogP contribution >= 0.6 is 0 Å². The SMILES string of the molecule is Cc1cc(-c2c(C)cccc2C)ncc1-c1cccc[n+]1C.Cc1cc(C(C)C)ncc1-c1cccc[n+]1C.Cc1cc[n+](C)c(-c2cnccc2C)c1.Cc1cccc(C)c1-c1cc(C)c(-c2cccc[n+]2C)c(C)n1.Cc1ccncc1-c1cccc[n+]1C. The fourth-order valence-corrected chi connectivity index (χ4v) is 11.5. The molecule has 12 aromatic rings. The molecule has 0 atom stereocenters. The summed E-state index contributed by atoms with van der Waals surface area (Å²) < 4.78 is 10.6. The third-order valence-corrected chi connectivity index (χ3v) is 16.7. The van der Waals surface area contributed by atoms with E-state index in [1.54, 1.807) is 0 Å². The number of benzene rings is 2. The van der Waals surface area contributed by atoms with E-state index in [1.165, 1.54) is 123 Å². The van der Waals surface area contributed by atoms with Crippen LogP contribution in [0.25, 0.3) is 78.8 Å². The average Bonchev–Trinajstić information content (AvgIpc) is 1.07. The topological polar surface area (TPSA) is 83.9 Å². The summed E-state index contributed by atoms with van der Waals surface area (Å²) in [5, 5.41) is 0. The summed E-state index contributed by atoms with van der Waals surface area (Å²) in [7, 11) is 10.3. The van der Waals surface area contributed by atoms with Crippen LogP contribution in [0.3, 0.4) is 0 Å². The molecular weight excluding hydrogens is 1110 g/mol. The van der Waals surface area contributed by atoms with E-state index in [2.05, 4.69) is 290 Å². The number of rotatable bonds is 8. The molecule has 0 aliphatic rings. The molecule has 0 N–H and O–H groups in total. The Morgan fingerprint density at radius 3 is 1.12 bits per heavy atom. The summed E-state index contributed by atoms with van der Waals surface area (Å²) in [6.07, 6.45) is 21.8. The van der Waals surface area contributed by atoms with E-state index in [0.29, 0.717) is 5.92 Å². The van der Waals surface area contributed by atoms with Gasteiger partial charge in [0.1, 0.15) is 35.2 Å². The van der Waals surface area contributed by atoms with Crippen molar-refractivity contribution in [3.05, 3.63) is 287 Å². The maximum Gasteiger partial charge on any atom is 0.214 e. The van der Waals surface area contributed by atoms with Gasteiger partial charge >= 0.3 is 0 Å². The van der Waals surface area contributed by atoms with E-state index in [-0.39, 0.29) is 0 Å². The maximum atomic E-state index is 4.93. The quantitative estimate of drug-likeness (QED) is 0.142. The van der Waals surface area contributed by atoms with Gasteiger partial charge in [0.25, 0.3) is 0 Å². The van der Waals surface area contributed by atoms with Crippen LogP contribution < -0.4 is 22.8 Å². The standard InChI is InChI=1S/C21H23N2.C20H21N2.C15H19N2.C13H15N2.C12H13N2/c1-14-9-8-10-15(2)20(14)18-13-16(3)21(17(4)22-18)19-11-6-7-12-23(19)5;1-14-8-7-9-15(2)20(14)18-12-16(3)17(13-21-18)19-10-5-6-11-22(19)4;1-11(2)14-9-12(3)13(10-16-14)15-7-5-6-8-17(15)4;1-10-5-7-15(3)13(8-10)12-9-14-6-4-11(12)2;1-10-6-7-13-9-11(10)12-5-3-4-8-14(12)2/h6-13H,1-5H3;5-13H,1-4H3;5-11H,1-4H3;4-9H,1-3H3;3-9H,1-2H3/q5*+1. The molecule has 10 heterocycles. The molecule has 0 aliphatic heterocycles. The second kappa shape index (κ2) is 30.9. The van der Waals surface area contributed by atoms with Crippen molar-refractivity contribution >= 4 is 0 Å². The molecule has 0 spiro atoms. The van der Waals surface area contributed by atoms with Crippen molar-refractivity contribution < 1.29 is 22.8 Å². The second-order valence-corrected chi connectivity index (χ2v) is 24.2. The molecule has 0 saturated carbocycles. The highest BCUT2D eigenvalue weighted by Crippen LogP contribution is 2.33. The molecular formula is C81H91N10+5. The van der Waals surface area contributed by atoms with Crippen molar-refractivity contribution in [2.45, 2.75) is 95.9 Å². The van der Waals surface area contributed by atoms with Gasteiger partial charge in [-0.3, -0.25) is 24.9 Å². The summed E-state index contributed by atoms with van der Waals surface area (Å²) in [5.41, 5.74) is 31.5. The Morgan fingerprint density at radius 1 is 0.308 bits per heavy atom. The van der Waals surface area contributed by atoms with E-state index in [4.69, 9.17) is 9.97 Å². The van der Waals surface area contributed by atoms with Crippen LogP contribution in [0.1, 0.15) is 86.8 Å². The van der Waals surface area contributed by atoms with Crippen molar-refractivity contribution in [3.63, 3.8) is 0 Å². The van der Waals surface area contributed by atoms with Crippen molar-refractivity contribution in [2.75, 3.05) is 0 Å². The smallest absolute Gasteiger partial charge is 0.214 e. The number of nitrogens with zero attached hydrogens (tertiary/aromatic N) is 10. The van der Waals surface area contributed by atoms with Gasteiger partial charge in [0.2, 0.25) is 28.5 Å². The van der Waals surface area contributed by atoms with Gasteiger partial charge in [-0.15, -0.1) is 0 Å². The molecule has 460 valence electrons. The Labute approximate surface area is 541 Å². The van der Waals surface area contributed by atoms with E-state index in [0.717, 1.165) is 22.8 Å². The Kier molecular flexibility index (Phi) is 22.7. The Hall–Kier alpha value is -10.1. The van der Waals surface area contributed by atoms with Crippen LogP contribution in [-0.4, -0.2) is 24.9 Å². The monoisotopic (exact) mass is 1200 g/mol. The van der Waals surface area contributed by atoms with E-state index in [1.807, 2.05) is 92.9 Å². The lowest BCUT2D eigenvalue weighted by Gasteiger charge is -2.14. The lowest BCUT2D eigenvalue weighted by Crippen LogP contribution is -2.30. The van der Waals surface area contributed by atoms with Gasteiger partial charge in [-0.2, -0.15) is 0 Å². The minimum absolute atomic E-state index is 0.479. The second-order valence-electron chi connectivity index (χ2n) is 24.2. The predicted molar refractivity (Wildman–Crippen MR) is 371 cm³/mol. The lowest BCUT2D eigenvalue weighted by atomic mass is 9.96. The summed E-state index contributed by atoms with van der Waals surface area (Å²) >= 11 is 0. The zero-order chi connectivity index (χ0) is 65.5. The summed E-state index contributed by atoms with van der Waals surface area (Å²) in [4.78, 5) is 22.5. The van der Waals surface area contributed by atoms with Gasteiger partial charge in [-0.1, -0.05) is 50.2 Å². The number of hydrogen-bond donors (Lipinski definition) is 0.